The summed E-state index contributed by atoms with van der Waals surface area (Å²) < 4.78 is 6.90. The topological polar surface area (TPSA) is 101 Å². The van der Waals surface area contributed by atoms with E-state index in [0.717, 1.165) is 6.54 Å². The lowest BCUT2D eigenvalue weighted by molar-refractivity contribution is 0.0965. The van der Waals surface area contributed by atoms with Crippen LogP contribution in [-0.4, -0.2) is 63.4 Å². The highest BCUT2D eigenvalue weighted by Gasteiger charge is 2.24. The summed E-state index contributed by atoms with van der Waals surface area (Å²) in [4.78, 5) is 15.1. The summed E-state index contributed by atoms with van der Waals surface area (Å²) in [6.45, 7) is 4.68. The molecule has 0 fully saturated rings. The number of aromatic hydroxyl groups is 2. The normalized spacial score (nSPS) is 11.3. The fourth-order valence-corrected chi connectivity index (χ4v) is 3.52. The first kappa shape index (κ1) is 23.3. The molecule has 2 aromatic carbocycles. The van der Waals surface area contributed by atoms with Gasteiger partial charge in [-0.3, -0.25) is 9.36 Å². The van der Waals surface area contributed by atoms with Crippen molar-refractivity contribution in [3.05, 3.63) is 47.8 Å². The van der Waals surface area contributed by atoms with Crippen LogP contribution in [0, 0.1) is 0 Å². The first-order valence-corrected chi connectivity index (χ1v) is 10.6. The number of Topliss-reactive ketones (excluding diaryl/α,β-unsaturated/α-hetero) is 1. The quantitative estimate of drug-likeness (QED) is 0.487. The molecule has 0 bridgehead atoms. The molecule has 2 N–H and O–H groups in total. The van der Waals surface area contributed by atoms with Crippen molar-refractivity contribution in [2.24, 2.45) is 0 Å². The van der Waals surface area contributed by atoms with E-state index in [4.69, 9.17) is 4.74 Å². The number of benzene rings is 2. The molecule has 0 aliphatic rings. The lowest BCUT2D eigenvalue weighted by Crippen LogP contribution is -2.16. The summed E-state index contributed by atoms with van der Waals surface area (Å²) in [5, 5.41) is 29.3. The lowest BCUT2D eigenvalue weighted by Gasteiger charge is -2.15. The van der Waals surface area contributed by atoms with Crippen molar-refractivity contribution >= 4 is 5.78 Å². The van der Waals surface area contributed by atoms with E-state index in [9.17, 15) is 15.0 Å². The van der Waals surface area contributed by atoms with Crippen LogP contribution in [-0.2, 0) is 0 Å². The van der Waals surface area contributed by atoms with E-state index in [1.54, 1.807) is 29.9 Å². The Labute approximate surface area is 188 Å². The van der Waals surface area contributed by atoms with Gasteiger partial charge in [-0.1, -0.05) is 13.8 Å². The maximum atomic E-state index is 13.0. The minimum Gasteiger partial charge on any atom is -0.508 e. The van der Waals surface area contributed by atoms with Crippen LogP contribution in [0.5, 0.6) is 17.2 Å². The fourth-order valence-electron chi connectivity index (χ4n) is 3.52. The zero-order valence-corrected chi connectivity index (χ0v) is 19.2. The number of phenols is 2. The van der Waals surface area contributed by atoms with Crippen molar-refractivity contribution in [2.45, 2.75) is 32.6 Å². The molecule has 0 aliphatic heterocycles. The minimum atomic E-state index is -0.138. The van der Waals surface area contributed by atoms with Crippen LogP contribution in [0.1, 0.15) is 48.8 Å². The molecule has 3 rings (SSSR count). The molecule has 8 nitrogen and oxygen atoms in total. The molecule has 0 spiro atoms. The highest BCUT2D eigenvalue weighted by atomic mass is 16.5. The van der Waals surface area contributed by atoms with Crippen LogP contribution in [0.3, 0.4) is 0 Å². The molecule has 32 heavy (non-hydrogen) atoms. The molecule has 0 radical (unpaired) electrons. The molecule has 8 heteroatoms. The molecule has 1 heterocycles. The summed E-state index contributed by atoms with van der Waals surface area (Å²) in [5.41, 5.74) is 1.73. The number of ketones is 1. The molecule has 1 aromatic heterocycles. The monoisotopic (exact) mass is 438 g/mol. The van der Waals surface area contributed by atoms with Gasteiger partial charge in [-0.05, 0) is 68.9 Å². The van der Waals surface area contributed by atoms with Crippen LogP contribution < -0.4 is 4.74 Å². The van der Waals surface area contributed by atoms with Crippen LogP contribution >= 0.6 is 0 Å². The molecule has 0 saturated carbocycles. The highest BCUT2D eigenvalue weighted by Crippen LogP contribution is 2.38. The van der Waals surface area contributed by atoms with E-state index < -0.39 is 0 Å². The first-order valence-electron chi connectivity index (χ1n) is 10.6. The van der Waals surface area contributed by atoms with Gasteiger partial charge in [-0.15, -0.1) is 10.2 Å². The van der Waals surface area contributed by atoms with E-state index in [0.29, 0.717) is 41.2 Å². The second-order valence-corrected chi connectivity index (χ2v) is 8.29. The Morgan fingerprint density at radius 2 is 1.78 bits per heavy atom. The van der Waals surface area contributed by atoms with Crippen molar-refractivity contribution in [1.82, 2.24) is 19.7 Å². The molecule has 0 atom stereocenters. The molecule has 3 aromatic rings. The fraction of sp³-hybridized carbons (Fsp3) is 0.375. The standard InChI is InChI=1S/C24H30N4O4/c1-15(2)18-13-19(22(31)14-21(18)30)23-25-26-24(20(29)7-6-12-27(3)4)28(23)16-8-10-17(32-5)11-9-16/h8-11,13-15,30-31H,6-7,12H2,1-5H3. The van der Waals surface area contributed by atoms with Gasteiger partial charge < -0.3 is 19.8 Å². The summed E-state index contributed by atoms with van der Waals surface area (Å²) in [7, 11) is 5.51. The maximum Gasteiger partial charge on any atom is 0.205 e. The summed E-state index contributed by atoms with van der Waals surface area (Å²) in [6, 6.07) is 10.2. The third-order valence-corrected chi connectivity index (χ3v) is 5.26. The van der Waals surface area contributed by atoms with Gasteiger partial charge in [-0.2, -0.15) is 0 Å². The molecule has 0 amide bonds. The third kappa shape index (κ3) is 4.91. The average Bonchev–Trinajstić information content (AvgIpc) is 3.18. The van der Waals surface area contributed by atoms with Crippen LogP contribution in [0.15, 0.2) is 36.4 Å². The predicted molar refractivity (Wildman–Crippen MR) is 123 cm³/mol. The zero-order valence-electron chi connectivity index (χ0n) is 19.2. The number of hydrogen-bond acceptors (Lipinski definition) is 7. The smallest absolute Gasteiger partial charge is 0.205 e. The number of rotatable bonds is 9. The Bertz CT molecular complexity index is 1090. The van der Waals surface area contributed by atoms with Gasteiger partial charge in [0.25, 0.3) is 0 Å². The number of ether oxygens (including phenoxy) is 1. The van der Waals surface area contributed by atoms with E-state index in [1.807, 2.05) is 45.0 Å². The first-order chi connectivity index (χ1) is 15.2. The van der Waals surface area contributed by atoms with Crippen molar-refractivity contribution in [3.63, 3.8) is 0 Å². The van der Waals surface area contributed by atoms with Crippen molar-refractivity contribution in [3.8, 4) is 34.3 Å². The number of aromatic nitrogens is 3. The van der Waals surface area contributed by atoms with E-state index in [-0.39, 0.29) is 29.0 Å². The summed E-state index contributed by atoms with van der Waals surface area (Å²) >= 11 is 0. The molecule has 0 aliphatic carbocycles. The zero-order chi connectivity index (χ0) is 23.4. The Balaban J connectivity index is 2.14. The Morgan fingerprint density at radius 3 is 2.38 bits per heavy atom. The number of carbonyl (C=O) groups excluding carboxylic acids is 1. The Morgan fingerprint density at radius 1 is 1.09 bits per heavy atom. The lowest BCUT2D eigenvalue weighted by atomic mass is 9.98. The predicted octanol–water partition coefficient (Wildman–Crippen LogP) is 4.00. The van der Waals surface area contributed by atoms with Crippen molar-refractivity contribution < 1.29 is 19.7 Å². The summed E-state index contributed by atoms with van der Waals surface area (Å²) in [5.74, 6) is 0.963. The van der Waals surface area contributed by atoms with E-state index in [2.05, 4.69) is 10.2 Å². The van der Waals surface area contributed by atoms with Gasteiger partial charge in [0.15, 0.2) is 5.82 Å². The van der Waals surface area contributed by atoms with Crippen LogP contribution in [0.25, 0.3) is 17.1 Å². The SMILES string of the molecule is COc1ccc(-n2c(C(=O)CCCN(C)C)nnc2-c2cc(C(C)C)c(O)cc2O)cc1. The average molecular weight is 439 g/mol. The molecular weight excluding hydrogens is 408 g/mol. The summed E-state index contributed by atoms with van der Waals surface area (Å²) in [6.07, 6.45) is 1.02. The largest absolute Gasteiger partial charge is 0.508 e. The highest BCUT2D eigenvalue weighted by molar-refractivity contribution is 5.94. The number of carbonyl (C=O) groups is 1. The van der Waals surface area contributed by atoms with Gasteiger partial charge >= 0.3 is 0 Å². The van der Waals surface area contributed by atoms with Gasteiger partial charge in [-0.25, -0.2) is 0 Å². The Hall–Kier alpha value is -3.39. The number of phenolic OH excluding ortho intramolecular Hbond substituents is 2. The second kappa shape index (κ2) is 9.82. The number of methoxy groups -OCH3 is 1. The molecular formula is C24H30N4O4. The third-order valence-electron chi connectivity index (χ3n) is 5.26. The second-order valence-electron chi connectivity index (χ2n) is 8.29. The minimum absolute atomic E-state index is 0.0109. The van der Waals surface area contributed by atoms with Crippen molar-refractivity contribution in [2.75, 3.05) is 27.7 Å². The molecule has 0 saturated heterocycles. The number of nitrogens with zero attached hydrogens (tertiary/aromatic N) is 4. The van der Waals surface area contributed by atoms with Gasteiger partial charge in [0.2, 0.25) is 11.6 Å². The molecule has 0 unspecified atom stereocenters. The van der Waals surface area contributed by atoms with Gasteiger partial charge in [0.1, 0.15) is 17.2 Å². The van der Waals surface area contributed by atoms with E-state index >= 15 is 0 Å². The van der Waals surface area contributed by atoms with Crippen molar-refractivity contribution in [1.29, 1.82) is 0 Å². The maximum absolute atomic E-state index is 13.0. The number of hydrogen-bond donors (Lipinski definition) is 2. The van der Waals surface area contributed by atoms with Crippen LogP contribution in [0.2, 0.25) is 0 Å². The molecule has 170 valence electrons. The Kier molecular flexibility index (Phi) is 7.15. The van der Waals surface area contributed by atoms with E-state index in [1.165, 1.54) is 6.07 Å². The van der Waals surface area contributed by atoms with Gasteiger partial charge in [0, 0.05) is 18.2 Å². The van der Waals surface area contributed by atoms with Crippen LogP contribution in [0.4, 0.5) is 0 Å². The van der Waals surface area contributed by atoms with Gasteiger partial charge in [0.05, 0.1) is 12.7 Å².